The number of aromatic amines is 1. The SMILES string of the molecule is CN(C)C1CCN(c2nc[nH]c(=O)c2I)CC1. The molecular weight excluding hydrogens is 331 g/mol. The number of rotatable bonds is 2. The van der Waals surface area contributed by atoms with Crippen LogP contribution in [0.3, 0.4) is 0 Å². The normalized spacial score (nSPS) is 17.8. The molecule has 0 atom stereocenters. The molecule has 1 aliphatic heterocycles. The summed E-state index contributed by atoms with van der Waals surface area (Å²) in [4.78, 5) is 22.9. The van der Waals surface area contributed by atoms with E-state index in [1.807, 2.05) is 0 Å². The molecule has 0 radical (unpaired) electrons. The number of nitrogens with one attached hydrogen (secondary N) is 1. The lowest BCUT2D eigenvalue weighted by Crippen LogP contribution is -2.43. The molecule has 1 fully saturated rings. The van der Waals surface area contributed by atoms with Crippen LogP contribution in [0, 0.1) is 3.57 Å². The minimum Gasteiger partial charge on any atom is -0.355 e. The molecule has 0 spiro atoms. The van der Waals surface area contributed by atoms with Crippen molar-refractivity contribution >= 4 is 28.4 Å². The minimum atomic E-state index is -0.0506. The molecule has 6 heteroatoms. The van der Waals surface area contributed by atoms with E-state index in [2.05, 4.69) is 56.5 Å². The highest BCUT2D eigenvalue weighted by Gasteiger charge is 2.23. The molecule has 0 saturated carbocycles. The van der Waals surface area contributed by atoms with Crippen LogP contribution in [0.2, 0.25) is 0 Å². The van der Waals surface area contributed by atoms with Crippen LogP contribution in [0.15, 0.2) is 11.1 Å². The summed E-state index contributed by atoms with van der Waals surface area (Å²) in [6, 6.07) is 0.644. The third-order valence-electron chi connectivity index (χ3n) is 3.27. The van der Waals surface area contributed by atoms with Gasteiger partial charge in [-0.2, -0.15) is 0 Å². The van der Waals surface area contributed by atoms with E-state index in [4.69, 9.17) is 0 Å². The molecule has 1 saturated heterocycles. The fourth-order valence-electron chi connectivity index (χ4n) is 2.19. The van der Waals surface area contributed by atoms with Crippen molar-refractivity contribution in [1.29, 1.82) is 0 Å². The molecule has 94 valence electrons. The van der Waals surface area contributed by atoms with Gasteiger partial charge in [0.15, 0.2) is 0 Å². The summed E-state index contributed by atoms with van der Waals surface area (Å²) < 4.78 is 0.688. The second kappa shape index (κ2) is 5.34. The van der Waals surface area contributed by atoms with Gasteiger partial charge in [-0.25, -0.2) is 4.98 Å². The van der Waals surface area contributed by atoms with Gasteiger partial charge in [0.2, 0.25) is 0 Å². The third kappa shape index (κ3) is 2.79. The molecule has 5 nitrogen and oxygen atoms in total. The predicted octanol–water partition coefficient (Wildman–Crippen LogP) is 0.905. The number of hydrogen-bond acceptors (Lipinski definition) is 4. The Morgan fingerprint density at radius 3 is 2.71 bits per heavy atom. The third-order valence-corrected chi connectivity index (χ3v) is 4.24. The van der Waals surface area contributed by atoms with Crippen LogP contribution in [-0.4, -0.2) is 48.1 Å². The highest BCUT2D eigenvalue weighted by atomic mass is 127. The van der Waals surface area contributed by atoms with Crippen molar-refractivity contribution in [2.75, 3.05) is 32.1 Å². The van der Waals surface area contributed by atoms with E-state index < -0.39 is 0 Å². The summed E-state index contributed by atoms with van der Waals surface area (Å²) in [5, 5.41) is 0. The first-order valence-corrected chi connectivity index (χ1v) is 6.82. The maximum absolute atomic E-state index is 11.5. The Hall–Kier alpha value is -0.630. The van der Waals surface area contributed by atoms with Crippen molar-refractivity contribution in [3.63, 3.8) is 0 Å². The average Bonchev–Trinajstić information content (AvgIpc) is 2.33. The summed E-state index contributed by atoms with van der Waals surface area (Å²) in [5.41, 5.74) is -0.0506. The van der Waals surface area contributed by atoms with Crippen molar-refractivity contribution in [2.45, 2.75) is 18.9 Å². The summed E-state index contributed by atoms with van der Waals surface area (Å²) in [5.74, 6) is 0.826. The summed E-state index contributed by atoms with van der Waals surface area (Å²) >= 11 is 2.07. The van der Waals surface area contributed by atoms with Crippen LogP contribution < -0.4 is 10.5 Å². The molecule has 1 aromatic heterocycles. The van der Waals surface area contributed by atoms with Crippen molar-refractivity contribution in [2.24, 2.45) is 0 Å². The van der Waals surface area contributed by atoms with Crippen molar-refractivity contribution in [3.8, 4) is 0 Å². The number of nitrogens with zero attached hydrogens (tertiary/aromatic N) is 3. The zero-order valence-electron chi connectivity index (χ0n) is 10.1. The first kappa shape index (κ1) is 12.8. The lowest BCUT2D eigenvalue weighted by molar-refractivity contribution is 0.249. The van der Waals surface area contributed by atoms with Gasteiger partial charge in [0.05, 0.1) is 6.33 Å². The highest BCUT2D eigenvalue weighted by Crippen LogP contribution is 2.21. The van der Waals surface area contributed by atoms with Crippen LogP contribution in [0.1, 0.15) is 12.8 Å². The number of halogens is 1. The summed E-state index contributed by atoms with van der Waals surface area (Å²) in [6.07, 6.45) is 3.73. The number of piperidine rings is 1. The van der Waals surface area contributed by atoms with Gasteiger partial charge in [-0.1, -0.05) is 0 Å². The van der Waals surface area contributed by atoms with Gasteiger partial charge >= 0.3 is 0 Å². The second-order valence-corrected chi connectivity index (χ2v) is 5.63. The van der Waals surface area contributed by atoms with Crippen LogP contribution in [0.4, 0.5) is 5.82 Å². The number of aromatic nitrogens is 2. The molecule has 0 unspecified atom stereocenters. The molecule has 2 heterocycles. The Kier molecular flexibility index (Phi) is 4.03. The quantitative estimate of drug-likeness (QED) is 0.808. The topological polar surface area (TPSA) is 52.2 Å². The lowest BCUT2D eigenvalue weighted by atomic mass is 10.0. The Labute approximate surface area is 114 Å². The fourth-order valence-corrected chi connectivity index (χ4v) is 2.82. The molecule has 0 aliphatic carbocycles. The second-order valence-electron chi connectivity index (χ2n) is 4.55. The number of hydrogen-bond donors (Lipinski definition) is 1. The van der Waals surface area contributed by atoms with Crippen LogP contribution >= 0.6 is 22.6 Å². The Morgan fingerprint density at radius 2 is 2.12 bits per heavy atom. The molecule has 0 amide bonds. The zero-order chi connectivity index (χ0) is 12.4. The molecule has 2 rings (SSSR count). The van der Waals surface area contributed by atoms with Crippen LogP contribution in [0.5, 0.6) is 0 Å². The first-order valence-electron chi connectivity index (χ1n) is 5.74. The summed E-state index contributed by atoms with van der Waals surface area (Å²) in [6.45, 7) is 1.94. The predicted molar refractivity (Wildman–Crippen MR) is 76.5 cm³/mol. The minimum absolute atomic E-state index is 0.0506. The smallest absolute Gasteiger partial charge is 0.266 e. The standard InChI is InChI=1S/C11H17IN4O/c1-15(2)8-3-5-16(6-4-8)10-9(12)11(17)14-7-13-10/h7-8H,3-6H2,1-2H3,(H,13,14,17). The molecule has 0 bridgehead atoms. The Bertz CT molecular complexity index is 437. The monoisotopic (exact) mass is 348 g/mol. The maximum Gasteiger partial charge on any atom is 0.266 e. The van der Waals surface area contributed by atoms with Gasteiger partial charge in [0.25, 0.3) is 5.56 Å². The van der Waals surface area contributed by atoms with Crippen molar-refractivity contribution in [1.82, 2.24) is 14.9 Å². The Balaban J connectivity index is 2.11. The fraction of sp³-hybridized carbons (Fsp3) is 0.636. The van der Waals surface area contributed by atoms with E-state index in [1.165, 1.54) is 6.33 Å². The molecule has 1 N–H and O–H groups in total. The van der Waals surface area contributed by atoms with Crippen molar-refractivity contribution < 1.29 is 0 Å². The molecule has 17 heavy (non-hydrogen) atoms. The van der Waals surface area contributed by atoms with Gasteiger partial charge in [-0.3, -0.25) is 4.79 Å². The van der Waals surface area contributed by atoms with Gasteiger partial charge in [-0.05, 0) is 49.5 Å². The van der Waals surface area contributed by atoms with Crippen molar-refractivity contribution in [3.05, 3.63) is 20.3 Å². The van der Waals surface area contributed by atoms with Gasteiger partial charge < -0.3 is 14.8 Å². The molecule has 0 aromatic carbocycles. The van der Waals surface area contributed by atoms with E-state index in [0.717, 1.165) is 31.7 Å². The van der Waals surface area contributed by atoms with Gasteiger partial charge in [0, 0.05) is 19.1 Å². The number of H-pyrrole nitrogens is 1. The largest absolute Gasteiger partial charge is 0.355 e. The molecule has 1 aliphatic rings. The van der Waals surface area contributed by atoms with Crippen LogP contribution in [-0.2, 0) is 0 Å². The van der Waals surface area contributed by atoms with Gasteiger partial charge in [0.1, 0.15) is 9.39 Å². The average molecular weight is 348 g/mol. The Morgan fingerprint density at radius 1 is 1.47 bits per heavy atom. The van der Waals surface area contributed by atoms with Crippen LogP contribution in [0.25, 0.3) is 0 Å². The zero-order valence-corrected chi connectivity index (χ0v) is 12.3. The maximum atomic E-state index is 11.5. The van der Waals surface area contributed by atoms with E-state index in [-0.39, 0.29) is 5.56 Å². The lowest BCUT2D eigenvalue weighted by Gasteiger charge is -2.35. The highest BCUT2D eigenvalue weighted by molar-refractivity contribution is 14.1. The molecular formula is C11H17IN4O. The summed E-state index contributed by atoms with van der Waals surface area (Å²) in [7, 11) is 4.24. The molecule has 1 aromatic rings. The van der Waals surface area contributed by atoms with E-state index in [1.54, 1.807) is 0 Å². The van der Waals surface area contributed by atoms with E-state index >= 15 is 0 Å². The van der Waals surface area contributed by atoms with E-state index in [0.29, 0.717) is 9.61 Å². The van der Waals surface area contributed by atoms with E-state index in [9.17, 15) is 4.79 Å². The first-order chi connectivity index (χ1) is 8.09. The van der Waals surface area contributed by atoms with Gasteiger partial charge in [-0.15, -0.1) is 0 Å². The number of anilines is 1.